The highest BCUT2D eigenvalue weighted by Crippen LogP contribution is 2.32. The largest absolute Gasteiger partial charge is 0.465 e. The van der Waals surface area contributed by atoms with Crippen molar-refractivity contribution in [1.82, 2.24) is 4.31 Å². The predicted octanol–water partition coefficient (Wildman–Crippen LogP) is 1.43. The highest BCUT2D eigenvalue weighted by Gasteiger charge is 2.38. The summed E-state index contributed by atoms with van der Waals surface area (Å²) < 4.78 is 37.6. The Morgan fingerprint density at radius 1 is 1.39 bits per heavy atom. The normalized spacial score (nSPS) is 21.2. The van der Waals surface area contributed by atoms with Crippen LogP contribution in [0.4, 0.5) is 0 Å². The number of piperidine rings is 1. The highest BCUT2D eigenvalue weighted by atomic mass is 32.2. The summed E-state index contributed by atoms with van der Waals surface area (Å²) in [6, 6.07) is -0.0831. The Labute approximate surface area is 136 Å². The first kappa shape index (κ1) is 18.0. The fourth-order valence-electron chi connectivity index (χ4n) is 3.06. The molecule has 7 nitrogen and oxygen atoms in total. The molecule has 1 aromatic heterocycles. The third-order valence-corrected chi connectivity index (χ3v) is 6.38. The molecule has 2 unspecified atom stereocenters. The molecule has 0 spiro atoms. The van der Waals surface area contributed by atoms with Gasteiger partial charge in [0.2, 0.25) is 10.0 Å². The Bertz CT molecular complexity index is 693. The molecule has 0 amide bonds. The number of hydrogen-bond donors (Lipinski definition) is 1. The van der Waals surface area contributed by atoms with Gasteiger partial charge in [-0.2, -0.15) is 4.31 Å². The lowest BCUT2D eigenvalue weighted by molar-refractivity contribution is 0.0594. The lowest BCUT2D eigenvalue weighted by Gasteiger charge is -2.33. The van der Waals surface area contributed by atoms with E-state index in [0.29, 0.717) is 13.1 Å². The predicted molar refractivity (Wildman–Crippen MR) is 84.7 cm³/mol. The summed E-state index contributed by atoms with van der Waals surface area (Å²) in [6.07, 6.45) is 1.64. The summed E-state index contributed by atoms with van der Waals surface area (Å²) in [5, 5.41) is 0. The number of rotatable bonds is 4. The van der Waals surface area contributed by atoms with Gasteiger partial charge in [0.15, 0.2) is 0 Å². The number of nitrogens with two attached hydrogens (primary N) is 1. The van der Waals surface area contributed by atoms with Crippen LogP contribution in [-0.4, -0.2) is 44.9 Å². The zero-order valence-electron chi connectivity index (χ0n) is 14.0. The van der Waals surface area contributed by atoms with Gasteiger partial charge < -0.3 is 14.9 Å². The maximum absolute atomic E-state index is 13.0. The molecule has 130 valence electrons. The van der Waals surface area contributed by atoms with Crippen molar-refractivity contribution in [2.45, 2.75) is 44.6 Å². The van der Waals surface area contributed by atoms with Gasteiger partial charge in [-0.05, 0) is 39.5 Å². The van der Waals surface area contributed by atoms with Crippen LogP contribution in [0.1, 0.15) is 41.6 Å². The molecule has 0 bridgehead atoms. The Morgan fingerprint density at radius 3 is 2.61 bits per heavy atom. The summed E-state index contributed by atoms with van der Waals surface area (Å²) in [5.74, 6) is -0.161. The molecule has 2 atom stereocenters. The molecule has 0 radical (unpaired) electrons. The topological polar surface area (TPSA) is 103 Å². The molecular formula is C15H24N2O5S. The van der Waals surface area contributed by atoms with Gasteiger partial charge in [0.1, 0.15) is 22.0 Å². The van der Waals surface area contributed by atoms with E-state index in [9.17, 15) is 13.2 Å². The van der Waals surface area contributed by atoms with E-state index >= 15 is 0 Å². The van der Waals surface area contributed by atoms with Crippen molar-refractivity contribution in [2.24, 2.45) is 11.7 Å². The Kier molecular flexibility index (Phi) is 5.17. The molecule has 1 aliphatic rings. The van der Waals surface area contributed by atoms with E-state index in [4.69, 9.17) is 14.9 Å². The maximum atomic E-state index is 13.0. The molecule has 1 aliphatic heterocycles. The molecular weight excluding hydrogens is 320 g/mol. The van der Waals surface area contributed by atoms with Gasteiger partial charge >= 0.3 is 5.97 Å². The van der Waals surface area contributed by atoms with Gasteiger partial charge in [-0.3, -0.25) is 0 Å². The van der Waals surface area contributed by atoms with Gasteiger partial charge in [0.25, 0.3) is 0 Å². The van der Waals surface area contributed by atoms with E-state index in [1.54, 1.807) is 13.8 Å². The molecule has 8 heteroatoms. The number of carbonyl (C=O) groups excluding carboxylic acids is 1. The van der Waals surface area contributed by atoms with Gasteiger partial charge in [-0.25, -0.2) is 13.2 Å². The molecule has 23 heavy (non-hydrogen) atoms. The minimum absolute atomic E-state index is 0.0204. The number of carbonyl (C=O) groups is 1. The second kappa shape index (κ2) is 6.62. The van der Waals surface area contributed by atoms with Gasteiger partial charge in [0, 0.05) is 19.1 Å². The second-order valence-electron chi connectivity index (χ2n) is 6.03. The third kappa shape index (κ3) is 3.29. The quantitative estimate of drug-likeness (QED) is 0.829. The zero-order valence-corrected chi connectivity index (χ0v) is 14.8. The maximum Gasteiger partial charge on any atom is 0.342 e. The third-order valence-electron chi connectivity index (χ3n) is 4.36. The van der Waals surface area contributed by atoms with Crippen LogP contribution in [0, 0.1) is 19.8 Å². The number of esters is 1. The number of ether oxygens (including phenoxy) is 1. The van der Waals surface area contributed by atoms with Crippen LogP contribution >= 0.6 is 0 Å². The van der Waals surface area contributed by atoms with Gasteiger partial charge in [-0.15, -0.1) is 0 Å². The van der Waals surface area contributed by atoms with E-state index in [0.717, 1.165) is 12.8 Å². The minimum atomic E-state index is -3.84. The fourth-order valence-corrected chi connectivity index (χ4v) is 4.97. The van der Waals surface area contributed by atoms with Gasteiger partial charge in [0.05, 0.1) is 7.11 Å². The van der Waals surface area contributed by atoms with Crippen molar-refractivity contribution in [3.05, 3.63) is 17.1 Å². The van der Waals surface area contributed by atoms with Crippen LogP contribution in [0.2, 0.25) is 0 Å². The SMILES string of the molecule is COC(=O)c1c(C)oc(C)c1S(=O)(=O)N1CCCC(C(C)N)C1. The average molecular weight is 344 g/mol. The lowest BCUT2D eigenvalue weighted by atomic mass is 9.93. The van der Waals surface area contributed by atoms with E-state index in [1.807, 2.05) is 6.92 Å². The van der Waals surface area contributed by atoms with Crippen molar-refractivity contribution in [3.63, 3.8) is 0 Å². The molecule has 1 saturated heterocycles. The first-order valence-electron chi connectivity index (χ1n) is 7.64. The van der Waals surface area contributed by atoms with Crippen LogP contribution in [0.25, 0.3) is 0 Å². The van der Waals surface area contributed by atoms with E-state index < -0.39 is 16.0 Å². The van der Waals surface area contributed by atoms with Crippen LogP contribution in [0.15, 0.2) is 9.31 Å². The molecule has 0 aliphatic carbocycles. The summed E-state index contributed by atoms with van der Waals surface area (Å²) in [6.45, 7) is 5.74. The van der Waals surface area contributed by atoms with E-state index in [-0.39, 0.29) is 33.9 Å². The second-order valence-corrected chi connectivity index (χ2v) is 7.91. The fraction of sp³-hybridized carbons (Fsp3) is 0.667. The molecule has 1 aromatic rings. The minimum Gasteiger partial charge on any atom is -0.465 e. The number of furan rings is 1. The van der Waals surface area contributed by atoms with Crippen LogP contribution in [0.3, 0.4) is 0 Å². The average Bonchev–Trinajstić information content (AvgIpc) is 2.81. The first-order chi connectivity index (χ1) is 10.7. The van der Waals surface area contributed by atoms with Crippen molar-refractivity contribution >= 4 is 16.0 Å². The summed E-state index contributed by atoms with van der Waals surface area (Å²) in [7, 11) is -2.63. The molecule has 1 fully saturated rings. The Balaban J connectivity index is 2.46. The zero-order chi connectivity index (χ0) is 17.4. The molecule has 0 saturated carbocycles. The van der Waals surface area contributed by atoms with Crippen molar-refractivity contribution < 1.29 is 22.4 Å². The van der Waals surface area contributed by atoms with Crippen LogP contribution < -0.4 is 5.73 Å². The van der Waals surface area contributed by atoms with E-state index in [1.165, 1.54) is 11.4 Å². The number of methoxy groups -OCH3 is 1. The standard InChI is InChI=1S/C15H24N2O5S/c1-9(16)12-6-5-7-17(8-12)23(19,20)14-11(3)22-10(2)13(14)15(18)21-4/h9,12H,5-8,16H2,1-4H3. The number of hydrogen-bond acceptors (Lipinski definition) is 6. The van der Waals surface area contributed by atoms with Gasteiger partial charge in [-0.1, -0.05) is 0 Å². The monoisotopic (exact) mass is 344 g/mol. The molecule has 2 N–H and O–H groups in total. The molecule has 2 heterocycles. The van der Waals surface area contributed by atoms with Crippen molar-refractivity contribution in [2.75, 3.05) is 20.2 Å². The van der Waals surface area contributed by atoms with Crippen LogP contribution in [-0.2, 0) is 14.8 Å². The summed E-state index contributed by atoms with van der Waals surface area (Å²) >= 11 is 0. The first-order valence-corrected chi connectivity index (χ1v) is 9.08. The van der Waals surface area contributed by atoms with Crippen LogP contribution in [0.5, 0.6) is 0 Å². The Hall–Kier alpha value is -1.38. The lowest BCUT2D eigenvalue weighted by Crippen LogP contribution is -2.45. The molecule has 2 rings (SSSR count). The summed E-state index contributed by atoms with van der Waals surface area (Å²) in [5.41, 5.74) is 5.91. The highest BCUT2D eigenvalue weighted by molar-refractivity contribution is 7.89. The number of nitrogens with zero attached hydrogens (tertiary/aromatic N) is 1. The van der Waals surface area contributed by atoms with Crippen molar-refractivity contribution in [1.29, 1.82) is 0 Å². The summed E-state index contributed by atoms with van der Waals surface area (Å²) in [4.78, 5) is 11.9. The number of sulfonamides is 1. The van der Waals surface area contributed by atoms with E-state index in [2.05, 4.69) is 0 Å². The Morgan fingerprint density at radius 2 is 2.04 bits per heavy atom. The number of aryl methyl sites for hydroxylation is 2. The molecule has 0 aromatic carbocycles. The smallest absolute Gasteiger partial charge is 0.342 e. The van der Waals surface area contributed by atoms with Crippen molar-refractivity contribution in [3.8, 4) is 0 Å².